The van der Waals surface area contributed by atoms with Crippen molar-refractivity contribution in [3.05, 3.63) is 58.4 Å². The molecular weight excluding hydrogens is 438 g/mol. The molecule has 0 saturated heterocycles. The summed E-state index contributed by atoms with van der Waals surface area (Å²) in [4.78, 5) is 7.48. The van der Waals surface area contributed by atoms with E-state index in [1.165, 1.54) is 38.8 Å². The molecule has 4 aromatic heterocycles. The summed E-state index contributed by atoms with van der Waals surface area (Å²) in [6.45, 7) is 0. The number of thiophene rings is 2. The molecule has 0 bridgehead atoms. The molecule has 0 N–H and O–H groups in total. The van der Waals surface area contributed by atoms with Crippen LogP contribution in [0.1, 0.15) is 0 Å². The fraction of sp³-hybridized carbons (Fsp3) is 0. The third kappa shape index (κ3) is 2.23. The Morgan fingerprint density at radius 2 is 1.14 bits per heavy atom. The monoisotopic (exact) mass is 450 g/mol. The van der Waals surface area contributed by atoms with E-state index < -0.39 is 0 Å². The molecule has 22 heavy (non-hydrogen) atoms. The fourth-order valence-electron chi connectivity index (χ4n) is 2.65. The van der Waals surface area contributed by atoms with Gasteiger partial charge in [-0.05, 0) is 0 Å². The average molecular weight is 448 g/mol. The molecule has 0 radical (unpaired) electrons. The SMILES string of the molecule is c1c[se]c(-c2cc3cc4sc(-c5ccc[se]5)cc4cc3s2)c1. The van der Waals surface area contributed by atoms with E-state index in [1.807, 2.05) is 22.7 Å². The zero-order valence-corrected chi connectivity index (χ0v) is 16.5. The molecule has 5 aromatic rings. The summed E-state index contributed by atoms with van der Waals surface area (Å²) in [5.41, 5.74) is 0. The topological polar surface area (TPSA) is 0 Å². The molecule has 106 valence electrons. The first-order valence-corrected chi connectivity index (χ1v) is 12.2. The van der Waals surface area contributed by atoms with Gasteiger partial charge in [-0.2, -0.15) is 0 Å². The van der Waals surface area contributed by atoms with Gasteiger partial charge in [-0.15, -0.1) is 0 Å². The van der Waals surface area contributed by atoms with Crippen LogP contribution in [0, 0.1) is 0 Å². The van der Waals surface area contributed by atoms with Gasteiger partial charge in [-0.1, -0.05) is 0 Å². The van der Waals surface area contributed by atoms with Crippen molar-refractivity contribution in [2.24, 2.45) is 0 Å². The second-order valence-electron chi connectivity index (χ2n) is 5.10. The summed E-state index contributed by atoms with van der Waals surface area (Å²) < 4.78 is 5.87. The van der Waals surface area contributed by atoms with Crippen LogP contribution in [0.3, 0.4) is 0 Å². The van der Waals surface area contributed by atoms with Crippen molar-refractivity contribution in [1.29, 1.82) is 0 Å². The Balaban J connectivity index is 1.69. The number of benzene rings is 1. The average Bonchev–Trinajstić information content (AvgIpc) is 3.27. The van der Waals surface area contributed by atoms with E-state index >= 15 is 0 Å². The van der Waals surface area contributed by atoms with Crippen molar-refractivity contribution in [2.45, 2.75) is 0 Å². The number of rotatable bonds is 2. The normalized spacial score (nSPS) is 11.6. The molecule has 1 aromatic carbocycles. The van der Waals surface area contributed by atoms with Gasteiger partial charge in [-0.25, -0.2) is 0 Å². The molecule has 0 fully saturated rings. The van der Waals surface area contributed by atoms with Crippen molar-refractivity contribution in [2.75, 3.05) is 0 Å². The summed E-state index contributed by atoms with van der Waals surface area (Å²) in [5.74, 6) is 0. The van der Waals surface area contributed by atoms with Gasteiger partial charge in [-0.3, -0.25) is 0 Å². The van der Waals surface area contributed by atoms with Crippen LogP contribution in [0.25, 0.3) is 38.8 Å². The van der Waals surface area contributed by atoms with E-state index in [0.717, 1.165) is 0 Å². The van der Waals surface area contributed by atoms with Crippen LogP contribution >= 0.6 is 22.7 Å². The van der Waals surface area contributed by atoms with Gasteiger partial charge >= 0.3 is 149 Å². The molecule has 0 nitrogen and oxygen atoms in total. The maximum atomic E-state index is 2.38. The molecule has 4 heterocycles. The summed E-state index contributed by atoms with van der Waals surface area (Å²) in [5, 5.41) is 2.79. The summed E-state index contributed by atoms with van der Waals surface area (Å²) in [6, 6.07) is 18.4. The van der Waals surface area contributed by atoms with Gasteiger partial charge < -0.3 is 0 Å². The third-order valence-electron chi connectivity index (χ3n) is 3.68. The van der Waals surface area contributed by atoms with Crippen molar-refractivity contribution in [1.82, 2.24) is 0 Å². The van der Waals surface area contributed by atoms with Crippen LogP contribution in [-0.2, 0) is 0 Å². The Morgan fingerprint density at radius 1 is 0.636 bits per heavy atom. The van der Waals surface area contributed by atoms with Crippen molar-refractivity contribution in [3.63, 3.8) is 0 Å². The van der Waals surface area contributed by atoms with Gasteiger partial charge in [0.1, 0.15) is 0 Å². The molecule has 0 amide bonds. The number of hydrogen-bond donors (Lipinski definition) is 0. The summed E-state index contributed by atoms with van der Waals surface area (Å²) >= 11 is 4.93. The maximum absolute atomic E-state index is 2.38. The van der Waals surface area contributed by atoms with E-state index in [0.29, 0.717) is 29.0 Å². The van der Waals surface area contributed by atoms with E-state index in [1.54, 1.807) is 0 Å². The zero-order valence-electron chi connectivity index (χ0n) is 11.4. The van der Waals surface area contributed by atoms with Crippen LogP contribution in [-0.4, -0.2) is 29.0 Å². The summed E-state index contributed by atoms with van der Waals surface area (Å²) in [7, 11) is 0. The van der Waals surface area contributed by atoms with Crippen LogP contribution in [0.15, 0.2) is 58.4 Å². The Bertz CT molecular complexity index is 929. The minimum absolute atomic E-state index is 0.523. The molecule has 0 aliphatic heterocycles. The second kappa shape index (κ2) is 5.35. The van der Waals surface area contributed by atoms with Crippen LogP contribution in [0.4, 0.5) is 0 Å². The molecule has 5 rings (SSSR count). The van der Waals surface area contributed by atoms with Crippen LogP contribution in [0.5, 0.6) is 0 Å². The predicted octanol–water partition coefficient (Wildman–Crippen LogP) is 5.56. The molecule has 4 heteroatoms. The number of fused-ring (bicyclic) bond motifs is 2. The molecule has 0 atom stereocenters. The molecule has 0 aliphatic carbocycles. The Labute approximate surface area is 148 Å². The van der Waals surface area contributed by atoms with Gasteiger partial charge in [0.05, 0.1) is 0 Å². The third-order valence-corrected chi connectivity index (χ3v) is 10.3. The first-order valence-electron chi connectivity index (χ1n) is 6.92. The van der Waals surface area contributed by atoms with Crippen LogP contribution in [0.2, 0.25) is 0 Å². The Hall–Kier alpha value is -0.861. The molecule has 0 unspecified atom stereocenters. The van der Waals surface area contributed by atoms with Crippen molar-refractivity contribution >= 4 is 71.9 Å². The van der Waals surface area contributed by atoms with Crippen molar-refractivity contribution in [3.8, 4) is 18.6 Å². The zero-order chi connectivity index (χ0) is 14.5. The van der Waals surface area contributed by atoms with Gasteiger partial charge in [0.25, 0.3) is 0 Å². The Kier molecular flexibility index (Phi) is 3.30. The van der Waals surface area contributed by atoms with E-state index in [2.05, 4.69) is 58.4 Å². The second-order valence-corrected chi connectivity index (χ2v) is 11.2. The van der Waals surface area contributed by atoms with Crippen LogP contribution < -0.4 is 0 Å². The van der Waals surface area contributed by atoms with E-state index in [-0.39, 0.29) is 0 Å². The standard InChI is InChI=1S/C18H10S2Se2/c1-3-17(21-5-1)15-9-11-7-14-12(8-13(11)19-15)10-16(20-14)18-4-2-6-22-18/h1-10H. The quantitative estimate of drug-likeness (QED) is 0.310. The van der Waals surface area contributed by atoms with Crippen molar-refractivity contribution < 1.29 is 0 Å². The predicted molar refractivity (Wildman–Crippen MR) is 102 cm³/mol. The fourth-order valence-corrected chi connectivity index (χ4v) is 8.37. The minimum atomic E-state index is 0.523. The first kappa shape index (κ1) is 13.6. The molecule has 0 aliphatic rings. The molecule has 0 spiro atoms. The molecular formula is C18H10S2Se2. The Morgan fingerprint density at radius 3 is 1.55 bits per heavy atom. The molecule has 0 saturated carbocycles. The van der Waals surface area contributed by atoms with Gasteiger partial charge in [0.2, 0.25) is 0 Å². The van der Waals surface area contributed by atoms with E-state index in [9.17, 15) is 0 Å². The van der Waals surface area contributed by atoms with E-state index in [4.69, 9.17) is 0 Å². The number of hydrogen-bond acceptors (Lipinski definition) is 2. The van der Waals surface area contributed by atoms with Gasteiger partial charge in [0, 0.05) is 0 Å². The summed E-state index contributed by atoms with van der Waals surface area (Å²) in [6.07, 6.45) is 0. The first-order chi connectivity index (χ1) is 10.9. The van der Waals surface area contributed by atoms with Gasteiger partial charge in [0.15, 0.2) is 0 Å².